The van der Waals surface area contributed by atoms with Crippen LogP contribution in [0.4, 0.5) is 0 Å². The summed E-state index contributed by atoms with van der Waals surface area (Å²) in [6, 6.07) is 4.68. The monoisotopic (exact) mass is 513 g/mol. The van der Waals surface area contributed by atoms with Crippen LogP contribution in [-0.4, -0.2) is 54.7 Å². The minimum Gasteiger partial charge on any atom is -0.508 e. The molecule has 1 aromatic carbocycles. The topological polar surface area (TPSA) is 178 Å². The predicted molar refractivity (Wildman–Crippen MR) is 134 cm³/mol. The molecule has 0 bridgehead atoms. The molecule has 1 saturated carbocycles. The van der Waals surface area contributed by atoms with Crippen molar-refractivity contribution in [2.45, 2.75) is 71.5 Å². The lowest BCUT2D eigenvalue weighted by atomic mass is 9.54. The molecular weight excluding hydrogens is 478 g/mol. The first-order chi connectivity index (χ1) is 17.0. The molecule has 200 valence electrons. The number of primary amides is 1. The van der Waals surface area contributed by atoms with E-state index in [2.05, 4.69) is 34.6 Å². The number of fused-ring (bicyclic) bond motifs is 3. The van der Waals surface area contributed by atoms with Crippen molar-refractivity contribution in [1.29, 1.82) is 0 Å². The summed E-state index contributed by atoms with van der Waals surface area (Å²) in [5.74, 6) is -8.52. The van der Waals surface area contributed by atoms with E-state index in [0.717, 1.165) is 0 Å². The number of Topliss-reactive ketones (excluding diaryl/α,β-unsaturated/α-hetero) is 2. The number of nitrogens with two attached hydrogens (primary N) is 1. The lowest BCUT2D eigenvalue weighted by Crippen LogP contribution is -2.64. The van der Waals surface area contributed by atoms with E-state index >= 15 is 0 Å². The predicted octanol–water partition coefficient (Wildman–Crippen LogP) is 2.79. The van der Waals surface area contributed by atoms with E-state index in [1.165, 1.54) is 6.07 Å². The summed E-state index contributed by atoms with van der Waals surface area (Å²) in [6.07, 6.45) is -1.02. The maximum atomic E-state index is 13.9. The number of aliphatic hydroxyl groups excluding tert-OH is 3. The minimum atomic E-state index is -2.84. The molecule has 0 spiro atoms. The van der Waals surface area contributed by atoms with Gasteiger partial charge in [0.15, 0.2) is 11.4 Å². The molecule has 9 nitrogen and oxygen atoms in total. The molecule has 0 heterocycles. The second-order valence-corrected chi connectivity index (χ2v) is 12.2. The van der Waals surface area contributed by atoms with Crippen molar-refractivity contribution in [3.05, 3.63) is 46.2 Å². The van der Waals surface area contributed by atoms with Gasteiger partial charge in [-0.1, -0.05) is 46.8 Å². The van der Waals surface area contributed by atoms with Crippen LogP contribution in [0.5, 0.6) is 5.75 Å². The molecule has 1 aromatic rings. The third-order valence-corrected chi connectivity index (χ3v) is 9.28. The van der Waals surface area contributed by atoms with Gasteiger partial charge in [-0.25, -0.2) is 0 Å². The molecule has 1 fully saturated rings. The quantitative estimate of drug-likeness (QED) is 0.333. The van der Waals surface area contributed by atoms with Crippen molar-refractivity contribution < 1.29 is 39.9 Å². The maximum absolute atomic E-state index is 13.9. The lowest BCUT2D eigenvalue weighted by molar-refractivity contribution is -0.161. The van der Waals surface area contributed by atoms with Crippen LogP contribution < -0.4 is 5.73 Å². The number of phenols is 1. The number of amides is 1. The van der Waals surface area contributed by atoms with Crippen LogP contribution in [-0.2, 0) is 14.4 Å². The van der Waals surface area contributed by atoms with Crippen molar-refractivity contribution in [2.75, 3.05) is 0 Å². The van der Waals surface area contributed by atoms with Crippen LogP contribution in [0.25, 0.3) is 5.76 Å². The Morgan fingerprint density at radius 2 is 1.73 bits per heavy atom. The molecule has 37 heavy (non-hydrogen) atoms. The second-order valence-electron chi connectivity index (χ2n) is 12.2. The fourth-order valence-corrected chi connectivity index (χ4v) is 6.01. The zero-order valence-electron chi connectivity index (χ0n) is 21.7. The first kappa shape index (κ1) is 26.9. The third-order valence-electron chi connectivity index (χ3n) is 9.28. The van der Waals surface area contributed by atoms with Gasteiger partial charge in [0, 0.05) is 23.8 Å². The lowest BCUT2D eigenvalue weighted by Gasteiger charge is -2.51. The van der Waals surface area contributed by atoms with Crippen LogP contribution in [0.1, 0.15) is 70.9 Å². The summed E-state index contributed by atoms with van der Waals surface area (Å²) in [4.78, 5) is 38.4. The number of benzene rings is 1. The Kier molecular flexibility index (Phi) is 6.12. The summed E-state index contributed by atoms with van der Waals surface area (Å²) in [7, 11) is 0. The molecule has 0 aliphatic heterocycles. The molecule has 9 heteroatoms. The highest BCUT2D eigenvalue weighted by Crippen LogP contribution is 2.57. The van der Waals surface area contributed by atoms with Gasteiger partial charge in [-0.3, -0.25) is 14.4 Å². The Hall–Kier alpha value is -3.17. The SMILES string of the molecule is CC(C)(C)C(C)(C)CCC1c2cccc(O)c2C(O)=C2C(=O)C3(O)C(O)=C(C(N)=O)C(=O)CC3C(O)C21. The summed E-state index contributed by atoms with van der Waals surface area (Å²) in [5, 5.41) is 55.7. The van der Waals surface area contributed by atoms with Crippen LogP contribution >= 0.6 is 0 Å². The molecule has 5 atom stereocenters. The maximum Gasteiger partial charge on any atom is 0.255 e. The normalized spacial score (nSPS) is 30.1. The Morgan fingerprint density at radius 1 is 1.11 bits per heavy atom. The molecule has 7 N–H and O–H groups in total. The van der Waals surface area contributed by atoms with E-state index in [4.69, 9.17) is 5.73 Å². The Labute approximate surface area is 215 Å². The largest absolute Gasteiger partial charge is 0.508 e. The number of rotatable bonds is 4. The highest BCUT2D eigenvalue weighted by Gasteiger charge is 2.65. The first-order valence-electron chi connectivity index (χ1n) is 12.4. The standard InChI is InChI=1S/C28H35NO8/c1-26(2,3)27(4,5)10-9-13-12-7-6-8-15(30)17(12)22(33)20-18(13)21(32)14-11-16(31)19(25(29)36)23(34)28(14,37)24(20)35/h6-8,13-14,18,21,30,32-34,37H,9-11H2,1-5H3,(H2,29,36). The number of ketones is 2. The van der Waals surface area contributed by atoms with Gasteiger partial charge >= 0.3 is 0 Å². The van der Waals surface area contributed by atoms with Crippen molar-refractivity contribution in [1.82, 2.24) is 0 Å². The highest BCUT2D eigenvalue weighted by molar-refractivity contribution is 6.22. The number of hydrogen-bond acceptors (Lipinski definition) is 8. The third kappa shape index (κ3) is 3.70. The summed E-state index contributed by atoms with van der Waals surface area (Å²) >= 11 is 0. The Bertz CT molecular complexity index is 1270. The molecule has 0 aromatic heterocycles. The average molecular weight is 514 g/mol. The zero-order valence-corrected chi connectivity index (χ0v) is 21.7. The van der Waals surface area contributed by atoms with Crippen LogP contribution in [0, 0.1) is 22.7 Å². The first-order valence-corrected chi connectivity index (χ1v) is 12.4. The van der Waals surface area contributed by atoms with Crippen molar-refractivity contribution in [2.24, 2.45) is 28.4 Å². The molecule has 3 aliphatic rings. The summed E-state index contributed by atoms with van der Waals surface area (Å²) in [5.41, 5.74) is 1.43. The van der Waals surface area contributed by atoms with Gasteiger partial charge in [0.05, 0.1) is 11.7 Å². The van der Waals surface area contributed by atoms with Crippen LogP contribution in [0.15, 0.2) is 35.1 Å². The van der Waals surface area contributed by atoms with Crippen molar-refractivity contribution >= 4 is 23.2 Å². The number of carbonyl (C=O) groups is 3. The van der Waals surface area contributed by atoms with Gasteiger partial charge in [0.1, 0.15) is 22.8 Å². The second kappa shape index (κ2) is 8.43. The van der Waals surface area contributed by atoms with Crippen LogP contribution in [0.2, 0.25) is 0 Å². The number of phenolic OH excluding ortho intramolecular Hbond substituents is 1. The highest BCUT2D eigenvalue weighted by atomic mass is 16.4. The van der Waals surface area contributed by atoms with Gasteiger partial charge in [-0.05, 0) is 41.2 Å². The van der Waals surface area contributed by atoms with E-state index in [0.29, 0.717) is 18.4 Å². The Balaban J connectivity index is 1.93. The molecule has 5 unspecified atom stereocenters. The molecular formula is C28H35NO8. The zero-order chi connectivity index (χ0) is 27.8. The van der Waals surface area contributed by atoms with Gasteiger partial charge in [0.25, 0.3) is 5.91 Å². The Morgan fingerprint density at radius 3 is 2.30 bits per heavy atom. The van der Waals surface area contributed by atoms with E-state index in [1.807, 2.05) is 0 Å². The molecule has 3 aliphatic carbocycles. The average Bonchev–Trinajstić information content (AvgIpc) is 2.77. The number of aliphatic hydroxyl groups is 4. The smallest absolute Gasteiger partial charge is 0.255 e. The number of aromatic hydroxyl groups is 1. The van der Waals surface area contributed by atoms with Crippen molar-refractivity contribution in [3.63, 3.8) is 0 Å². The summed E-state index contributed by atoms with van der Waals surface area (Å²) < 4.78 is 0. The van der Waals surface area contributed by atoms with E-state index in [9.17, 15) is 39.9 Å². The fraction of sp³-hybridized carbons (Fsp3) is 0.536. The van der Waals surface area contributed by atoms with Crippen LogP contribution in [0.3, 0.4) is 0 Å². The molecule has 4 rings (SSSR count). The summed E-state index contributed by atoms with van der Waals surface area (Å²) in [6.45, 7) is 10.6. The molecule has 0 saturated heterocycles. The molecule has 0 radical (unpaired) electrons. The van der Waals surface area contributed by atoms with E-state index < -0.39 is 70.4 Å². The minimum absolute atomic E-state index is 0.0143. The fourth-order valence-electron chi connectivity index (χ4n) is 6.01. The van der Waals surface area contributed by atoms with Crippen molar-refractivity contribution in [3.8, 4) is 5.75 Å². The van der Waals surface area contributed by atoms with Gasteiger partial charge < -0.3 is 31.3 Å². The molecule has 1 amide bonds. The number of hydrogen-bond donors (Lipinski definition) is 6. The number of carbonyl (C=O) groups excluding carboxylic acids is 3. The van der Waals surface area contributed by atoms with Gasteiger partial charge in [0.2, 0.25) is 5.78 Å². The van der Waals surface area contributed by atoms with Gasteiger partial charge in [-0.15, -0.1) is 0 Å². The van der Waals surface area contributed by atoms with E-state index in [1.54, 1.807) is 12.1 Å². The van der Waals surface area contributed by atoms with E-state index in [-0.39, 0.29) is 27.7 Å². The van der Waals surface area contributed by atoms with Gasteiger partial charge in [-0.2, -0.15) is 0 Å².